The molecule has 0 radical (unpaired) electrons. The molecular weight excluding hydrogens is 525 g/mol. The van der Waals surface area contributed by atoms with Crippen LogP contribution < -0.4 is 5.32 Å². The third kappa shape index (κ3) is 8.77. The number of carbonyl (C=O) groups is 1. The van der Waals surface area contributed by atoms with Crippen molar-refractivity contribution in [2.45, 2.75) is 75.6 Å². The minimum absolute atomic E-state index is 0.154. The van der Waals surface area contributed by atoms with Crippen LogP contribution in [0.25, 0.3) is 0 Å². The third-order valence-electron chi connectivity index (χ3n) is 6.72. The lowest BCUT2D eigenvalue weighted by molar-refractivity contribution is 0.0595. The van der Waals surface area contributed by atoms with E-state index in [0.717, 1.165) is 49.7 Å². The zero-order valence-corrected chi connectivity index (χ0v) is 24.3. The summed E-state index contributed by atoms with van der Waals surface area (Å²) in [6.45, 7) is 4.39. The highest BCUT2D eigenvalue weighted by atomic mass is 32.2. The number of halogens is 1. The van der Waals surface area contributed by atoms with Gasteiger partial charge in [-0.15, -0.1) is 0 Å². The first-order valence-electron chi connectivity index (χ1n) is 13.8. The Hall–Kier alpha value is -3.47. The summed E-state index contributed by atoms with van der Waals surface area (Å²) in [6, 6.07) is 19.0. The highest BCUT2D eigenvalue weighted by Crippen LogP contribution is 2.21. The Labute approximate surface area is 238 Å². The highest BCUT2D eigenvalue weighted by Gasteiger charge is 2.27. The van der Waals surface area contributed by atoms with E-state index < -0.39 is 27.0 Å². The number of sulfone groups is 1. The molecule has 0 aromatic heterocycles. The number of nitrogens with one attached hydrogen (secondary N) is 1. The van der Waals surface area contributed by atoms with Crippen molar-refractivity contribution in [2.75, 3.05) is 7.11 Å². The number of ether oxygens (including phenoxy) is 1. The molecule has 0 aliphatic heterocycles. The predicted octanol–water partition coefficient (Wildman–Crippen LogP) is 6.82. The average Bonchev–Trinajstić information content (AvgIpc) is 2.97. The molecule has 212 valence electrons. The van der Waals surface area contributed by atoms with Gasteiger partial charge < -0.3 is 4.74 Å². The molecule has 0 saturated carbocycles. The number of methoxy groups -OCH3 is 1. The summed E-state index contributed by atoms with van der Waals surface area (Å²) in [4.78, 5) is 12.1. The lowest BCUT2D eigenvalue weighted by Crippen LogP contribution is -2.36. The average molecular weight is 564 g/mol. The normalized spacial score (nSPS) is 11.9. The van der Waals surface area contributed by atoms with Crippen molar-refractivity contribution in [3.8, 4) is 11.8 Å². The van der Waals surface area contributed by atoms with Gasteiger partial charge in [-0.1, -0.05) is 69.6 Å². The van der Waals surface area contributed by atoms with Gasteiger partial charge in [-0.25, -0.2) is 17.6 Å². The summed E-state index contributed by atoms with van der Waals surface area (Å²) in [6.07, 6.45) is 6.43. The molecule has 5 nitrogen and oxygen atoms in total. The Kier molecular flexibility index (Phi) is 11.9. The first-order valence-corrected chi connectivity index (χ1v) is 15.4. The zero-order chi connectivity index (χ0) is 29.0. The Bertz CT molecular complexity index is 1420. The molecular formula is C33H38FNO4S. The molecule has 3 aromatic carbocycles. The number of benzene rings is 3. The van der Waals surface area contributed by atoms with E-state index >= 15 is 0 Å². The lowest BCUT2D eigenvalue weighted by atomic mass is 10.1. The summed E-state index contributed by atoms with van der Waals surface area (Å²) < 4.78 is 45.9. The molecule has 0 saturated heterocycles. The molecule has 0 heterocycles. The SMILES string of the molecule is CCCCCC(NCc1ccc(F)c(C(=O)OC)c1)S(=O)(=O)c1ccc(C#Cc2ccc(CCCC)cc2)cc1. The Morgan fingerprint density at radius 3 is 2.08 bits per heavy atom. The maximum absolute atomic E-state index is 14.0. The van der Waals surface area contributed by atoms with Gasteiger partial charge in [-0.05, 0) is 78.9 Å². The van der Waals surface area contributed by atoms with Crippen LogP contribution in [-0.4, -0.2) is 26.9 Å². The third-order valence-corrected chi connectivity index (χ3v) is 8.80. The van der Waals surface area contributed by atoms with Crippen molar-refractivity contribution in [3.63, 3.8) is 0 Å². The van der Waals surface area contributed by atoms with Gasteiger partial charge in [0.15, 0.2) is 9.84 Å². The maximum Gasteiger partial charge on any atom is 0.340 e. The van der Waals surface area contributed by atoms with Crippen LogP contribution in [0.15, 0.2) is 71.6 Å². The second-order valence-corrected chi connectivity index (χ2v) is 11.9. The van der Waals surface area contributed by atoms with Gasteiger partial charge in [0, 0.05) is 17.7 Å². The maximum atomic E-state index is 14.0. The van der Waals surface area contributed by atoms with Gasteiger partial charge in [0.2, 0.25) is 0 Å². The van der Waals surface area contributed by atoms with E-state index in [1.807, 2.05) is 12.1 Å². The standard InChI is InChI=1S/C33H38FNO4S/c1-4-6-8-10-32(35-24-28-19-22-31(34)30(23-28)33(36)39-3)40(37,38)29-20-17-27(18-21-29)16-15-26-13-11-25(12-14-26)9-7-5-2/h11-14,17-23,32,35H,4-10,24H2,1-3H3. The van der Waals surface area contributed by atoms with E-state index in [0.29, 0.717) is 12.0 Å². The number of hydrogen-bond acceptors (Lipinski definition) is 5. The highest BCUT2D eigenvalue weighted by molar-refractivity contribution is 7.92. The van der Waals surface area contributed by atoms with E-state index in [2.05, 4.69) is 47.9 Å². The second-order valence-electron chi connectivity index (χ2n) is 9.79. The van der Waals surface area contributed by atoms with Crippen molar-refractivity contribution in [2.24, 2.45) is 0 Å². The molecule has 1 N–H and O–H groups in total. The van der Waals surface area contributed by atoms with Crippen molar-refractivity contribution >= 4 is 15.8 Å². The summed E-state index contributed by atoms with van der Waals surface area (Å²) in [5, 5.41) is 2.29. The van der Waals surface area contributed by atoms with Gasteiger partial charge in [0.25, 0.3) is 0 Å². The number of esters is 1. The van der Waals surface area contributed by atoms with Gasteiger partial charge in [0.1, 0.15) is 11.2 Å². The van der Waals surface area contributed by atoms with Crippen LogP contribution in [0, 0.1) is 17.7 Å². The second kappa shape index (κ2) is 15.4. The smallest absolute Gasteiger partial charge is 0.340 e. The fourth-order valence-electron chi connectivity index (χ4n) is 4.30. The molecule has 7 heteroatoms. The summed E-state index contributed by atoms with van der Waals surface area (Å²) in [5.74, 6) is 4.80. The summed E-state index contributed by atoms with van der Waals surface area (Å²) in [7, 11) is -2.53. The fraction of sp³-hybridized carbons (Fsp3) is 0.364. The van der Waals surface area contributed by atoms with Gasteiger partial charge in [-0.3, -0.25) is 5.32 Å². The van der Waals surface area contributed by atoms with Crippen LogP contribution in [0.1, 0.15) is 85.0 Å². The molecule has 0 amide bonds. The lowest BCUT2D eigenvalue weighted by Gasteiger charge is -2.20. The number of rotatable bonds is 13. The van der Waals surface area contributed by atoms with Crippen molar-refractivity contribution in [1.82, 2.24) is 5.32 Å². The van der Waals surface area contributed by atoms with Crippen LogP contribution in [-0.2, 0) is 27.5 Å². The first-order chi connectivity index (χ1) is 19.3. The molecule has 3 aromatic rings. The van der Waals surface area contributed by atoms with Crippen LogP contribution >= 0.6 is 0 Å². The Morgan fingerprint density at radius 2 is 1.48 bits per heavy atom. The number of aryl methyl sites for hydroxylation is 1. The van der Waals surface area contributed by atoms with Crippen molar-refractivity contribution < 1.29 is 22.3 Å². The predicted molar refractivity (Wildman–Crippen MR) is 157 cm³/mol. The molecule has 1 atom stereocenters. The van der Waals surface area contributed by atoms with Crippen LogP contribution in [0.4, 0.5) is 4.39 Å². The summed E-state index contributed by atoms with van der Waals surface area (Å²) >= 11 is 0. The molecule has 40 heavy (non-hydrogen) atoms. The van der Waals surface area contributed by atoms with E-state index in [9.17, 15) is 17.6 Å². The van der Waals surface area contributed by atoms with Crippen LogP contribution in [0.5, 0.6) is 0 Å². The van der Waals surface area contributed by atoms with Crippen molar-refractivity contribution in [3.05, 3.63) is 100 Å². The molecule has 0 aliphatic rings. The Morgan fingerprint density at radius 1 is 0.875 bits per heavy atom. The minimum atomic E-state index is -3.71. The Balaban J connectivity index is 1.74. The molecule has 3 rings (SSSR count). The molecule has 0 spiro atoms. The van der Waals surface area contributed by atoms with Gasteiger partial charge in [-0.2, -0.15) is 0 Å². The van der Waals surface area contributed by atoms with E-state index in [-0.39, 0.29) is 17.0 Å². The first kappa shape index (κ1) is 31.1. The molecule has 0 bridgehead atoms. The van der Waals surface area contributed by atoms with E-state index in [1.165, 1.54) is 30.9 Å². The number of hydrogen-bond donors (Lipinski definition) is 1. The minimum Gasteiger partial charge on any atom is -0.465 e. The van der Waals surface area contributed by atoms with Crippen LogP contribution in [0.3, 0.4) is 0 Å². The van der Waals surface area contributed by atoms with Gasteiger partial charge in [0.05, 0.1) is 17.6 Å². The van der Waals surface area contributed by atoms with Crippen molar-refractivity contribution in [1.29, 1.82) is 0 Å². The number of unbranched alkanes of at least 4 members (excludes halogenated alkanes) is 3. The van der Waals surface area contributed by atoms with E-state index in [4.69, 9.17) is 0 Å². The molecule has 1 unspecified atom stereocenters. The van der Waals surface area contributed by atoms with Gasteiger partial charge >= 0.3 is 5.97 Å². The quantitative estimate of drug-likeness (QED) is 0.140. The monoisotopic (exact) mass is 563 g/mol. The number of carbonyl (C=O) groups excluding carboxylic acids is 1. The van der Waals surface area contributed by atoms with Crippen LogP contribution in [0.2, 0.25) is 0 Å². The molecule has 0 fully saturated rings. The van der Waals surface area contributed by atoms with E-state index in [1.54, 1.807) is 24.3 Å². The zero-order valence-electron chi connectivity index (χ0n) is 23.5. The summed E-state index contributed by atoms with van der Waals surface area (Å²) in [5.41, 5.74) is 3.34. The fourth-order valence-corrected chi connectivity index (χ4v) is 5.92. The topological polar surface area (TPSA) is 72.5 Å². The largest absolute Gasteiger partial charge is 0.465 e. The molecule has 0 aliphatic carbocycles.